The standard InChI is InChI=1S/C14H16BNO4S/c1-2-16(13-6-4-3-5-7-13)21(19,20)14-10-8-12(9-11-14)15(17)18/h3-11,17-18H,2H2,1H3. The number of benzene rings is 2. The average Bonchev–Trinajstić information content (AvgIpc) is 2.49. The average molecular weight is 305 g/mol. The first-order valence-corrected chi connectivity index (χ1v) is 7.94. The molecule has 0 aliphatic carbocycles. The van der Waals surface area contributed by atoms with Crippen molar-refractivity contribution in [2.45, 2.75) is 11.8 Å². The highest BCUT2D eigenvalue weighted by atomic mass is 32.2. The monoisotopic (exact) mass is 305 g/mol. The molecule has 0 aliphatic heterocycles. The molecule has 0 fully saturated rings. The maximum Gasteiger partial charge on any atom is 0.488 e. The second kappa shape index (κ2) is 6.30. The number of sulfonamides is 1. The van der Waals surface area contributed by atoms with Gasteiger partial charge in [0.15, 0.2) is 0 Å². The maximum atomic E-state index is 12.6. The minimum atomic E-state index is -3.68. The summed E-state index contributed by atoms with van der Waals surface area (Å²) in [5.74, 6) is 0. The van der Waals surface area contributed by atoms with Gasteiger partial charge in [-0.15, -0.1) is 0 Å². The molecule has 0 amide bonds. The van der Waals surface area contributed by atoms with Gasteiger partial charge in [0.25, 0.3) is 10.0 Å². The molecule has 0 radical (unpaired) electrons. The smallest absolute Gasteiger partial charge is 0.423 e. The Morgan fingerprint density at radius 2 is 1.57 bits per heavy atom. The van der Waals surface area contributed by atoms with Gasteiger partial charge < -0.3 is 10.0 Å². The third-order valence-electron chi connectivity index (χ3n) is 3.10. The Bertz CT molecular complexity index is 687. The summed E-state index contributed by atoms with van der Waals surface area (Å²) >= 11 is 0. The molecule has 0 unspecified atom stereocenters. The van der Waals surface area contributed by atoms with E-state index in [-0.39, 0.29) is 10.4 Å². The number of hydrogen-bond acceptors (Lipinski definition) is 4. The molecule has 0 heterocycles. The minimum Gasteiger partial charge on any atom is -0.423 e. The highest BCUT2D eigenvalue weighted by Crippen LogP contribution is 2.22. The van der Waals surface area contributed by atoms with Gasteiger partial charge >= 0.3 is 7.12 Å². The van der Waals surface area contributed by atoms with Crippen LogP contribution in [0, 0.1) is 0 Å². The zero-order valence-electron chi connectivity index (χ0n) is 11.5. The Balaban J connectivity index is 2.40. The van der Waals surface area contributed by atoms with Crippen molar-refractivity contribution in [3.8, 4) is 0 Å². The lowest BCUT2D eigenvalue weighted by Crippen LogP contribution is -2.32. The fourth-order valence-electron chi connectivity index (χ4n) is 2.02. The first-order valence-electron chi connectivity index (χ1n) is 6.50. The van der Waals surface area contributed by atoms with Gasteiger partial charge in [-0.05, 0) is 36.7 Å². The molecule has 0 atom stereocenters. The van der Waals surface area contributed by atoms with Crippen molar-refractivity contribution < 1.29 is 18.5 Å². The van der Waals surface area contributed by atoms with Gasteiger partial charge in [-0.2, -0.15) is 0 Å². The van der Waals surface area contributed by atoms with Gasteiger partial charge in [0.05, 0.1) is 10.6 Å². The summed E-state index contributed by atoms with van der Waals surface area (Å²) in [6.45, 7) is 2.06. The van der Waals surface area contributed by atoms with Crippen LogP contribution in [0.15, 0.2) is 59.5 Å². The van der Waals surface area contributed by atoms with E-state index in [4.69, 9.17) is 10.0 Å². The van der Waals surface area contributed by atoms with Crippen LogP contribution in [0.4, 0.5) is 5.69 Å². The van der Waals surface area contributed by atoms with E-state index in [9.17, 15) is 8.42 Å². The number of hydrogen-bond donors (Lipinski definition) is 2. The summed E-state index contributed by atoms with van der Waals surface area (Å²) < 4.78 is 26.6. The summed E-state index contributed by atoms with van der Waals surface area (Å²) in [5, 5.41) is 18.1. The van der Waals surface area contributed by atoms with Crippen molar-refractivity contribution in [3.63, 3.8) is 0 Å². The van der Waals surface area contributed by atoms with E-state index >= 15 is 0 Å². The summed E-state index contributed by atoms with van der Waals surface area (Å²) in [7, 11) is -5.29. The topological polar surface area (TPSA) is 77.8 Å². The molecule has 110 valence electrons. The first kappa shape index (κ1) is 15.6. The van der Waals surface area contributed by atoms with Crippen molar-refractivity contribution in [1.82, 2.24) is 0 Å². The van der Waals surface area contributed by atoms with Gasteiger partial charge in [0.2, 0.25) is 0 Å². The Kier molecular flexibility index (Phi) is 4.67. The van der Waals surface area contributed by atoms with Crippen LogP contribution in [-0.4, -0.2) is 32.1 Å². The second-order valence-corrected chi connectivity index (χ2v) is 6.31. The van der Waals surface area contributed by atoms with Crippen LogP contribution < -0.4 is 9.77 Å². The molecule has 0 saturated heterocycles. The van der Waals surface area contributed by atoms with Crippen molar-refractivity contribution in [2.75, 3.05) is 10.8 Å². The lowest BCUT2D eigenvalue weighted by Gasteiger charge is -2.23. The molecule has 2 rings (SSSR count). The molecule has 0 saturated carbocycles. The lowest BCUT2D eigenvalue weighted by molar-refractivity contribution is 0.425. The normalized spacial score (nSPS) is 11.2. The van der Waals surface area contributed by atoms with Crippen molar-refractivity contribution in [2.24, 2.45) is 0 Å². The van der Waals surface area contributed by atoms with Crippen LogP contribution >= 0.6 is 0 Å². The molecule has 2 N–H and O–H groups in total. The molecule has 0 bridgehead atoms. The van der Waals surface area contributed by atoms with Crippen LogP contribution in [0.3, 0.4) is 0 Å². The Morgan fingerprint density at radius 1 is 1.00 bits per heavy atom. The van der Waals surface area contributed by atoms with E-state index in [2.05, 4.69) is 0 Å². The fourth-order valence-corrected chi connectivity index (χ4v) is 3.50. The third kappa shape index (κ3) is 3.26. The van der Waals surface area contributed by atoms with E-state index in [1.807, 2.05) is 6.07 Å². The number of para-hydroxylation sites is 1. The largest absolute Gasteiger partial charge is 0.488 e. The van der Waals surface area contributed by atoms with E-state index in [1.165, 1.54) is 28.6 Å². The first-order chi connectivity index (χ1) is 9.96. The Hall–Kier alpha value is -1.83. The molecule has 2 aromatic rings. The molecule has 2 aromatic carbocycles. The Labute approximate surface area is 124 Å². The van der Waals surface area contributed by atoms with Crippen LogP contribution in [0.25, 0.3) is 0 Å². The molecule has 21 heavy (non-hydrogen) atoms. The molecule has 0 spiro atoms. The quantitative estimate of drug-likeness (QED) is 0.792. The zero-order valence-corrected chi connectivity index (χ0v) is 12.4. The van der Waals surface area contributed by atoms with Gasteiger partial charge in [0, 0.05) is 6.54 Å². The third-order valence-corrected chi connectivity index (χ3v) is 5.01. The van der Waals surface area contributed by atoms with Gasteiger partial charge in [-0.3, -0.25) is 4.31 Å². The summed E-state index contributed by atoms with van der Waals surface area (Å²) in [4.78, 5) is 0.109. The molecule has 0 aromatic heterocycles. The SMILES string of the molecule is CCN(c1ccccc1)S(=O)(=O)c1ccc(B(O)O)cc1. The van der Waals surface area contributed by atoms with E-state index in [0.29, 0.717) is 12.2 Å². The lowest BCUT2D eigenvalue weighted by atomic mass is 9.81. The predicted molar refractivity (Wildman–Crippen MR) is 82.9 cm³/mol. The highest BCUT2D eigenvalue weighted by molar-refractivity contribution is 7.92. The van der Waals surface area contributed by atoms with Crippen molar-refractivity contribution in [3.05, 3.63) is 54.6 Å². The van der Waals surface area contributed by atoms with Crippen LogP contribution in [-0.2, 0) is 10.0 Å². The number of nitrogens with zero attached hydrogens (tertiary/aromatic N) is 1. The van der Waals surface area contributed by atoms with Crippen LogP contribution in [0.2, 0.25) is 0 Å². The van der Waals surface area contributed by atoms with Gasteiger partial charge in [0.1, 0.15) is 0 Å². The Morgan fingerprint density at radius 3 is 2.05 bits per heavy atom. The highest BCUT2D eigenvalue weighted by Gasteiger charge is 2.23. The molecular weight excluding hydrogens is 289 g/mol. The molecule has 5 nitrogen and oxygen atoms in total. The molecule has 0 aliphatic rings. The second-order valence-electron chi connectivity index (χ2n) is 4.45. The van der Waals surface area contributed by atoms with E-state index in [0.717, 1.165) is 0 Å². The maximum absolute atomic E-state index is 12.6. The van der Waals surface area contributed by atoms with Gasteiger partial charge in [-0.25, -0.2) is 8.42 Å². The summed E-state index contributed by atoms with van der Waals surface area (Å²) in [6, 6.07) is 14.3. The fraction of sp³-hybridized carbons (Fsp3) is 0.143. The molecule has 7 heteroatoms. The van der Waals surface area contributed by atoms with Crippen LogP contribution in [0.5, 0.6) is 0 Å². The minimum absolute atomic E-state index is 0.109. The van der Waals surface area contributed by atoms with E-state index < -0.39 is 17.1 Å². The number of rotatable bonds is 5. The summed E-state index contributed by atoms with van der Waals surface area (Å²) in [6.07, 6.45) is 0. The van der Waals surface area contributed by atoms with Gasteiger partial charge in [-0.1, -0.05) is 30.3 Å². The van der Waals surface area contributed by atoms with Crippen molar-refractivity contribution in [1.29, 1.82) is 0 Å². The molecular formula is C14H16BNO4S. The zero-order chi connectivity index (χ0) is 15.5. The summed E-state index contributed by atoms with van der Waals surface area (Å²) in [5.41, 5.74) is 0.836. The predicted octanol–water partition coefficient (Wildman–Crippen LogP) is 0.582. The number of anilines is 1. The van der Waals surface area contributed by atoms with E-state index in [1.54, 1.807) is 31.2 Å². The van der Waals surface area contributed by atoms with Crippen LogP contribution in [0.1, 0.15) is 6.92 Å². The van der Waals surface area contributed by atoms with Crippen molar-refractivity contribution >= 4 is 28.3 Å².